The SMILES string of the molecule is Cc1ccc(NC(=O)C[C@@H]2Cn3ncnc3NC2=O)cc1Cl. The lowest BCUT2D eigenvalue weighted by atomic mass is 10.0. The van der Waals surface area contributed by atoms with Gasteiger partial charge >= 0.3 is 0 Å². The Balaban J connectivity index is 1.64. The summed E-state index contributed by atoms with van der Waals surface area (Å²) in [6.07, 6.45) is 1.43. The van der Waals surface area contributed by atoms with Crippen LogP contribution in [-0.2, 0) is 16.1 Å². The topological polar surface area (TPSA) is 88.9 Å². The van der Waals surface area contributed by atoms with Crippen LogP contribution in [0.15, 0.2) is 24.5 Å². The van der Waals surface area contributed by atoms with Crippen molar-refractivity contribution in [3.05, 3.63) is 35.1 Å². The Bertz CT molecular complexity index is 743. The minimum Gasteiger partial charge on any atom is -0.326 e. The van der Waals surface area contributed by atoms with Crippen molar-refractivity contribution >= 4 is 35.1 Å². The highest BCUT2D eigenvalue weighted by Gasteiger charge is 2.29. The molecule has 0 fully saturated rings. The molecule has 1 aliphatic rings. The second-order valence-electron chi connectivity index (χ2n) is 5.17. The van der Waals surface area contributed by atoms with Gasteiger partial charge in [-0.1, -0.05) is 17.7 Å². The number of nitrogens with zero attached hydrogens (tertiary/aromatic N) is 3. The maximum absolute atomic E-state index is 12.1. The number of fused-ring (bicyclic) bond motifs is 1. The molecule has 2 N–H and O–H groups in total. The second-order valence-corrected chi connectivity index (χ2v) is 5.58. The number of carbonyl (C=O) groups is 2. The normalized spacial score (nSPS) is 16.8. The van der Waals surface area contributed by atoms with E-state index in [9.17, 15) is 9.59 Å². The number of nitrogens with one attached hydrogen (secondary N) is 2. The van der Waals surface area contributed by atoms with Crippen LogP contribution >= 0.6 is 11.6 Å². The van der Waals surface area contributed by atoms with Crippen molar-refractivity contribution in [1.29, 1.82) is 0 Å². The first kappa shape index (κ1) is 14.5. The van der Waals surface area contributed by atoms with Crippen LogP contribution in [0.1, 0.15) is 12.0 Å². The molecule has 8 heteroatoms. The molecule has 0 bridgehead atoms. The quantitative estimate of drug-likeness (QED) is 0.903. The number of hydrogen-bond donors (Lipinski definition) is 2. The van der Waals surface area contributed by atoms with Crippen LogP contribution in [0.5, 0.6) is 0 Å². The summed E-state index contributed by atoms with van der Waals surface area (Å²) in [5.74, 6) is -0.539. The van der Waals surface area contributed by atoms with E-state index in [-0.39, 0.29) is 18.2 Å². The van der Waals surface area contributed by atoms with Gasteiger partial charge in [0.05, 0.1) is 12.5 Å². The third kappa shape index (κ3) is 2.94. The highest BCUT2D eigenvalue weighted by Crippen LogP contribution is 2.22. The maximum atomic E-state index is 12.1. The Labute approximate surface area is 131 Å². The van der Waals surface area contributed by atoms with E-state index in [1.807, 2.05) is 13.0 Å². The average molecular weight is 320 g/mol. The molecule has 0 unspecified atom stereocenters. The van der Waals surface area contributed by atoms with Gasteiger partial charge in [-0.05, 0) is 24.6 Å². The van der Waals surface area contributed by atoms with E-state index in [1.54, 1.807) is 16.8 Å². The van der Waals surface area contributed by atoms with Gasteiger partial charge in [0.1, 0.15) is 6.33 Å². The van der Waals surface area contributed by atoms with Gasteiger partial charge in [-0.2, -0.15) is 10.1 Å². The van der Waals surface area contributed by atoms with E-state index in [4.69, 9.17) is 11.6 Å². The van der Waals surface area contributed by atoms with Gasteiger partial charge in [-0.15, -0.1) is 0 Å². The lowest BCUT2D eigenvalue weighted by molar-refractivity contribution is -0.125. The van der Waals surface area contributed by atoms with Gasteiger partial charge < -0.3 is 5.32 Å². The molecule has 22 heavy (non-hydrogen) atoms. The molecule has 0 saturated heterocycles. The summed E-state index contributed by atoms with van der Waals surface area (Å²) in [6, 6.07) is 5.29. The number of anilines is 2. The van der Waals surface area contributed by atoms with E-state index < -0.39 is 5.92 Å². The fraction of sp³-hybridized carbons (Fsp3) is 0.286. The molecule has 2 aromatic rings. The van der Waals surface area contributed by atoms with Crippen LogP contribution in [-0.4, -0.2) is 26.6 Å². The standard InChI is InChI=1S/C14H14ClN5O2/c1-8-2-3-10(5-11(8)15)18-12(21)4-9-6-20-14(16-7-17-20)19-13(9)22/h2-3,5,7,9H,4,6H2,1H3,(H,18,21)(H,16,17,19,22)/t9-/m1/s1. The molecule has 1 atom stereocenters. The zero-order valence-electron chi connectivity index (χ0n) is 11.8. The van der Waals surface area contributed by atoms with Gasteiger partial charge in [0.2, 0.25) is 17.8 Å². The molecule has 114 valence electrons. The molecule has 2 amide bonds. The number of halogens is 1. The van der Waals surface area contributed by atoms with Gasteiger partial charge in [-0.3, -0.25) is 14.9 Å². The van der Waals surface area contributed by atoms with E-state index in [0.29, 0.717) is 23.2 Å². The van der Waals surface area contributed by atoms with Gasteiger partial charge in [0, 0.05) is 17.1 Å². The van der Waals surface area contributed by atoms with Gasteiger partial charge in [0.25, 0.3) is 0 Å². The molecule has 3 rings (SSSR count). The van der Waals surface area contributed by atoms with Crippen molar-refractivity contribution in [1.82, 2.24) is 14.8 Å². The summed E-state index contributed by atoms with van der Waals surface area (Å²) in [5.41, 5.74) is 1.54. The lowest BCUT2D eigenvalue weighted by Gasteiger charge is -2.21. The van der Waals surface area contributed by atoms with Gasteiger partial charge in [-0.25, -0.2) is 4.68 Å². The zero-order chi connectivity index (χ0) is 15.7. The highest BCUT2D eigenvalue weighted by molar-refractivity contribution is 6.31. The van der Waals surface area contributed by atoms with Crippen molar-refractivity contribution in [2.45, 2.75) is 19.9 Å². The van der Waals surface area contributed by atoms with Crippen LogP contribution < -0.4 is 10.6 Å². The van der Waals surface area contributed by atoms with E-state index >= 15 is 0 Å². The molecule has 0 saturated carbocycles. The lowest BCUT2D eigenvalue weighted by Crippen LogP contribution is -2.36. The minimum atomic E-state index is -0.477. The summed E-state index contributed by atoms with van der Waals surface area (Å²) in [5, 5.41) is 9.95. The average Bonchev–Trinajstić information content (AvgIpc) is 2.90. The zero-order valence-corrected chi connectivity index (χ0v) is 12.6. The van der Waals surface area contributed by atoms with Crippen molar-refractivity contribution in [3.63, 3.8) is 0 Å². The number of aryl methyl sites for hydroxylation is 1. The number of benzene rings is 1. The predicted molar refractivity (Wildman–Crippen MR) is 81.6 cm³/mol. The third-order valence-corrected chi connectivity index (χ3v) is 3.91. The van der Waals surface area contributed by atoms with Crippen LogP contribution in [0.4, 0.5) is 11.6 Å². The molecular formula is C14H14ClN5O2. The number of aromatic nitrogens is 3. The first-order chi connectivity index (χ1) is 10.5. The van der Waals surface area contributed by atoms with E-state index in [2.05, 4.69) is 20.7 Å². The van der Waals surface area contributed by atoms with Crippen LogP contribution in [0.3, 0.4) is 0 Å². The molecule has 1 aromatic heterocycles. The number of hydrogen-bond acceptors (Lipinski definition) is 4. The number of amides is 2. The maximum Gasteiger partial charge on any atom is 0.232 e. The number of carbonyl (C=O) groups excluding carboxylic acids is 2. The smallest absolute Gasteiger partial charge is 0.232 e. The summed E-state index contributed by atoms with van der Waals surface area (Å²) in [7, 11) is 0. The Morgan fingerprint density at radius 2 is 2.36 bits per heavy atom. The summed E-state index contributed by atoms with van der Waals surface area (Å²) in [4.78, 5) is 28.0. The predicted octanol–water partition coefficient (Wildman–Crippen LogP) is 1.84. The van der Waals surface area contributed by atoms with Gasteiger partial charge in [0.15, 0.2) is 0 Å². The van der Waals surface area contributed by atoms with Crippen LogP contribution in [0.25, 0.3) is 0 Å². The fourth-order valence-electron chi connectivity index (χ4n) is 2.26. The van der Waals surface area contributed by atoms with Crippen LogP contribution in [0, 0.1) is 12.8 Å². The Morgan fingerprint density at radius 1 is 1.55 bits per heavy atom. The monoisotopic (exact) mass is 319 g/mol. The summed E-state index contributed by atoms with van der Waals surface area (Å²) < 4.78 is 1.57. The Hall–Kier alpha value is -2.41. The van der Waals surface area contributed by atoms with Crippen molar-refractivity contribution in [2.75, 3.05) is 10.6 Å². The highest BCUT2D eigenvalue weighted by atomic mass is 35.5. The summed E-state index contributed by atoms with van der Waals surface area (Å²) in [6.45, 7) is 2.22. The van der Waals surface area contributed by atoms with Crippen molar-refractivity contribution < 1.29 is 9.59 Å². The molecular weight excluding hydrogens is 306 g/mol. The molecule has 1 aromatic carbocycles. The Morgan fingerprint density at radius 3 is 3.14 bits per heavy atom. The molecule has 0 spiro atoms. The fourth-order valence-corrected chi connectivity index (χ4v) is 2.44. The van der Waals surface area contributed by atoms with Crippen LogP contribution in [0.2, 0.25) is 5.02 Å². The van der Waals surface area contributed by atoms with Crippen molar-refractivity contribution in [3.8, 4) is 0 Å². The molecule has 0 aliphatic carbocycles. The molecule has 2 heterocycles. The number of rotatable bonds is 3. The molecule has 0 radical (unpaired) electrons. The first-order valence-electron chi connectivity index (χ1n) is 6.77. The second kappa shape index (κ2) is 5.76. The first-order valence-corrected chi connectivity index (χ1v) is 7.15. The largest absolute Gasteiger partial charge is 0.326 e. The Kier molecular flexibility index (Phi) is 3.81. The molecule has 1 aliphatic heterocycles. The molecule has 7 nitrogen and oxygen atoms in total. The van der Waals surface area contributed by atoms with E-state index in [0.717, 1.165) is 5.56 Å². The van der Waals surface area contributed by atoms with E-state index in [1.165, 1.54) is 6.33 Å². The minimum absolute atomic E-state index is 0.0661. The third-order valence-electron chi connectivity index (χ3n) is 3.50. The van der Waals surface area contributed by atoms with Crippen molar-refractivity contribution in [2.24, 2.45) is 5.92 Å². The summed E-state index contributed by atoms with van der Waals surface area (Å²) >= 11 is 6.02.